The van der Waals surface area contributed by atoms with Crippen molar-refractivity contribution in [1.29, 1.82) is 0 Å². The van der Waals surface area contributed by atoms with E-state index >= 15 is 0 Å². The lowest BCUT2D eigenvalue weighted by atomic mass is 10.2. The second-order valence-electron chi connectivity index (χ2n) is 5.96. The van der Waals surface area contributed by atoms with Crippen molar-refractivity contribution in [3.8, 4) is 5.88 Å². The molecule has 2 amide bonds. The average molecular weight is 365 g/mol. The van der Waals surface area contributed by atoms with Crippen LogP contribution in [0.4, 0.5) is 4.79 Å². The Hall–Kier alpha value is -1.96. The lowest BCUT2D eigenvalue weighted by molar-refractivity contribution is 0.0570. The molecule has 0 N–H and O–H groups in total. The average Bonchev–Trinajstić information content (AvgIpc) is 3.15. The fraction of sp³-hybridized carbons (Fsp3) is 0.588. The van der Waals surface area contributed by atoms with Crippen LogP contribution < -0.4 is 4.74 Å². The van der Waals surface area contributed by atoms with Gasteiger partial charge in [0.15, 0.2) is 0 Å². The van der Waals surface area contributed by atoms with Gasteiger partial charge in [-0.1, -0.05) is 0 Å². The maximum Gasteiger partial charge on any atom is 0.409 e. The minimum Gasteiger partial charge on any atom is -0.473 e. The first kappa shape index (κ1) is 17.8. The zero-order valence-corrected chi connectivity index (χ0v) is 15.2. The molecule has 0 radical (unpaired) electrons. The molecule has 1 atom stereocenters. The van der Waals surface area contributed by atoms with E-state index in [1.807, 2.05) is 11.8 Å². The summed E-state index contributed by atoms with van der Waals surface area (Å²) in [7, 11) is 0. The van der Waals surface area contributed by atoms with Crippen molar-refractivity contribution in [3.63, 3.8) is 0 Å². The number of thioether (sulfide) groups is 1. The van der Waals surface area contributed by atoms with Gasteiger partial charge in [-0.2, -0.15) is 11.8 Å². The van der Waals surface area contributed by atoms with Crippen LogP contribution in [-0.2, 0) is 4.74 Å². The summed E-state index contributed by atoms with van der Waals surface area (Å²) in [4.78, 5) is 32.0. The standard InChI is InChI=1S/C17H23N3O4S/c1-2-23-17(22)20-8-6-19(7-9-20)16(21)13-3-5-18-15(11-13)24-14-4-10-25-12-14/h3,5,11,14H,2,4,6-10,12H2,1H3/t14-/m0/s1. The summed E-state index contributed by atoms with van der Waals surface area (Å²) in [5, 5.41) is 0. The highest BCUT2D eigenvalue weighted by atomic mass is 32.2. The molecule has 0 aromatic carbocycles. The lowest BCUT2D eigenvalue weighted by Crippen LogP contribution is -2.50. The molecule has 0 bridgehead atoms. The number of nitrogens with zero attached hydrogens (tertiary/aromatic N) is 3. The molecule has 7 nitrogen and oxygen atoms in total. The summed E-state index contributed by atoms with van der Waals surface area (Å²) in [5.41, 5.74) is 0.570. The molecule has 8 heteroatoms. The molecule has 1 aromatic rings. The van der Waals surface area contributed by atoms with Crippen LogP contribution in [0.15, 0.2) is 18.3 Å². The molecule has 1 aromatic heterocycles. The predicted octanol–water partition coefficient (Wildman–Crippen LogP) is 1.88. The van der Waals surface area contributed by atoms with Gasteiger partial charge in [-0.15, -0.1) is 0 Å². The second kappa shape index (κ2) is 8.42. The van der Waals surface area contributed by atoms with Gasteiger partial charge in [0.1, 0.15) is 6.10 Å². The smallest absolute Gasteiger partial charge is 0.409 e. The molecular weight excluding hydrogens is 342 g/mol. The molecule has 0 unspecified atom stereocenters. The van der Waals surface area contributed by atoms with E-state index in [2.05, 4.69) is 4.98 Å². The first-order chi connectivity index (χ1) is 12.2. The van der Waals surface area contributed by atoms with Crippen molar-refractivity contribution >= 4 is 23.8 Å². The zero-order valence-electron chi connectivity index (χ0n) is 14.3. The van der Waals surface area contributed by atoms with Crippen LogP contribution >= 0.6 is 11.8 Å². The number of amides is 2. The van der Waals surface area contributed by atoms with Gasteiger partial charge in [-0.25, -0.2) is 9.78 Å². The SMILES string of the molecule is CCOC(=O)N1CCN(C(=O)c2ccnc(O[C@H]3CCSC3)c2)CC1. The van der Waals surface area contributed by atoms with E-state index in [0.29, 0.717) is 44.2 Å². The fourth-order valence-corrected chi connectivity index (χ4v) is 3.97. The maximum atomic E-state index is 12.7. The minimum absolute atomic E-state index is 0.0587. The number of aromatic nitrogens is 1. The van der Waals surface area contributed by atoms with Crippen LogP contribution in [0.25, 0.3) is 0 Å². The molecule has 3 rings (SSSR count). The largest absolute Gasteiger partial charge is 0.473 e. The highest BCUT2D eigenvalue weighted by molar-refractivity contribution is 7.99. The number of ether oxygens (including phenoxy) is 2. The molecule has 136 valence electrons. The summed E-state index contributed by atoms with van der Waals surface area (Å²) < 4.78 is 10.9. The molecule has 0 aliphatic carbocycles. The number of hydrogen-bond donors (Lipinski definition) is 0. The van der Waals surface area contributed by atoms with E-state index in [-0.39, 0.29) is 18.1 Å². The summed E-state index contributed by atoms with van der Waals surface area (Å²) in [5.74, 6) is 2.52. The summed E-state index contributed by atoms with van der Waals surface area (Å²) in [6.45, 7) is 4.10. The Labute approximate surface area is 151 Å². The number of carbonyl (C=O) groups is 2. The number of hydrogen-bond acceptors (Lipinski definition) is 6. The van der Waals surface area contributed by atoms with Crippen molar-refractivity contribution in [2.45, 2.75) is 19.4 Å². The van der Waals surface area contributed by atoms with Crippen molar-refractivity contribution in [1.82, 2.24) is 14.8 Å². The molecule has 2 saturated heterocycles. The third kappa shape index (κ3) is 4.56. The van der Waals surface area contributed by atoms with E-state index in [1.54, 1.807) is 35.1 Å². The highest BCUT2D eigenvalue weighted by Crippen LogP contribution is 2.22. The number of pyridine rings is 1. The normalized spacial score (nSPS) is 20.4. The van der Waals surface area contributed by atoms with E-state index < -0.39 is 0 Å². The van der Waals surface area contributed by atoms with Crippen LogP contribution in [0.1, 0.15) is 23.7 Å². The van der Waals surface area contributed by atoms with Crippen LogP contribution in [0.3, 0.4) is 0 Å². The van der Waals surface area contributed by atoms with E-state index in [9.17, 15) is 9.59 Å². The van der Waals surface area contributed by atoms with Gasteiger partial charge >= 0.3 is 6.09 Å². The fourth-order valence-electron chi connectivity index (χ4n) is 2.87. The van der Waals surface area contributed by atoms with Gasteiger partial charge in [0, 0.05) is 49.8 Å². The number of rotatable bonds is 4. The van der Waals surface area contributed by atoms with E-state index in [4.69, 9.17) is 9.47 Å². The van der Waals surface area contributed by atoms with Crippen LogP contribution in [0, 0.1) is 0 Å². The van der Waals surface area contributed by atoms with Gasteiger partial charge in [-0.05, 0) is 25.2 Å². The zero-order chi connectivity index (χ0) is 17.6. The first-order valence-electron chi connectivity index (χ1n) is 8.59. The predicted molar refractivity (Wildman–Crippen MR) is 95.1 cm³/mol. The quantitative estimate of drug-likeness (QED) is 0.811. The second-order valence-corrected chi connectivity index (χ2v) is 7.11. The number of carbonyl (C=O) groups excluding carboxylic acids is 2. The Morgan fingerprint density at radius 1 is 1.28 bits per heavy atom. The maximum absolute atomic E-state index is 12.7. The van der Waals surface area contributed by atoms with Crippen molar-refractivity contribution in [3.05, 3.63) is 23.9 Å². The Morgan fingerprint density at radius 2 is 2.04 bits per heavy atom. The van der Waals surface area contributed by atoms with Crippen molar-refractivity contribution < 1.29 is 19.1 Å². The van der Waals surface area contributed by atoms with E-state index in [0.717, 1.165) is 17.9 Å². The van der Waals surface area contributed by atoms with Crippen molar-refractivity contribution in [2.75, 3.05) is 44.3 Å². The molecule has 25 heavy (non-hydrogen) atoms. The third-order valence-electron chi connectivity index (χ3n) is 4.25. The summed E-state index contributed by atoms with van der Waals surface area (Å²) >= 11 is 1.87. The van der Waals surface area contributed by atoms with Gasteiger partial charge < -0.3 is 19.3 Å². The molecular formula is C17H23N3O4S. The van der Waals surface area contributed by atoms with Crippen LogP contribution in [-0.4, -0.2) is 77.2 Å². The van der Waals surface area contributed by atoms with Gasteiger partial charge in [0.2, 0.25) is 5.88 Å². The Kier molecular flexibility index (Phi) is 6.01. The van der Waals surface area contributed by atoms with Gasteiger partial charge in [-0.3, -0.25) is 4.79 Å². The summed E-state index contributed by atoms with van der Waals surface area (Å²) in [6.07, 6.45) is 2.49. The first-order valence-corrected chi connectivity index (χ1v) is 9.74. The molecule has 2 fully saturated rings. The molecule has 0 saturated carbocycles. The van der Waals surface area contributed by atoms with Gasteiger partial charge in [0.05, 0.1) is 6.61 Å². The Morgan fingerprint density at radius 3 is 2.72 bits per heavy atom. The van der Waals surface area contributed by atoms with Crippen molar-refractivity contribution in [2.24, 2.45) is 0 Å². The molecule has 2 aliphatic heterocycles. The van der Waals surface area contributed by atoms with Gasteiger partial charge in [0.25, 0.3) is 5.91 Å². The van der Waals surface area contributed by atoms with Crippen LogP contribution in [0.2, 0.25) is 0 Å². The van der Waals surface area contributed by atoms with E-state index in [1.165, 1.54) is 0 Å². The Bertz CT molecular complexity index is 614. The monoisotopic (exact) mass is 365 g/mol. The van der Waals surface area contributed by atoms with Crippen LogP contribution in [0.5, 0.6) is 5.88 Å². The molecule has 2 aliphatic rings. The highest BCUT2D eigenvalue weighted by Gasteiger charge is 2.26. The lowest BCUT2D eigenvalue weighted by Gasteiger charge is -2.34. The molecule has 0 spiro atoms. The third-order valence-corrected chi connectivity index (χ3v) is 5.38. The number of piperazine rings is 1. The molecule has 3 heterocycles. The summed E-state index contributed by atoms with van der Waals surface area (Å²) in [6, 6.07) is 3.42. The Balaban J connectivity index is 1.57. The topological polar surface area (TPSA) is 72.0 Å². The minimum atomic E-state index is -0.316.